The van der Waals surface area contributed by atoms with Crippen LogP contribution in [0, 0.1) is 11.8 Å². The molecule has 0 heterocycles. The van der Waals surface area contributed by atoms with Crippen molar-refractivity contribution in [1.29, 1.82) is 0 Å². The molecule has 0 aromatic rings. The molecule has 0 saturated heterocycles. The number of phosphoric ester groups is 2. The molecule has 0 radical (unpaired) electrons. The summed E-state index contributed by atoms with van der Waals surface area (Å²) in [6.07, 6.45) is 36.2. The summed E-state index contributed by atoms with van der Waals surface area (Å²) in [6, 6.07) is 0. The Labute approximate surface area is 492 Å². The van der Waals surface area contributed by atoms with E-state index in [9.17, 15) is 43.2 Å². The van der Waals surface area contributed by atoms with Gasteiger partial charge in [0, 0.05) is 25.7 Å². The van der Waals surface area contributed by atoms with Gasteiger partial charge in [0.2, 0.25) is 0 Å². The van der Waals surface area contributed by atoms with Gasteiger partial charge in [-0.05, 0) is 37.5 Å². The maximum absolute atomic E-state index is 13.0. The van der Waals surface area contributed by atoms with Gasteiger partial charge >= 0.3 is 39.5 Å². The van der Waals surface area contributed by atoms with Gasteiger partial charge in [-0.2, -0.15) is 0 Å². The molecule has 6 atom stereocenters. The van der Waals surface area contributed by atoms with Crippen molar-refractivity contribution in [3.8, 4) is 0 Å². The van der Waals surface area contributed by atoms with E-state index in [0.29, 0.717) is 25.7 Å². The van der Waals surface area contributed by atoms with Crippen LogP contribution >= 0.6 is 15.6 Å². The van der Waals surface area contributed by atoms with E-state index in [0.717, 1.165) is 115 Å². The second kappa shape index (κ2) is 54.7. The van der Waals surface area contributed by atoms with E-state index in [-0.39, 0.29) is 25.7 Å². The Morgan fingerprint density at radius 3 is 0.938 bits per heavy atom. The first-order chi connectivity index (χ1) is 38.9. The topological polar surface area (TPSA) is 237 Å². The highest BCUT2D eigenvalue weighted by Crippen LogP contribution is 2.45. The summed E-state index contributed by atoms with van der Waals surface area (Å²) in [6.45, 7) is 9.40. The first kappa shape index (κ1) is 79.1. The van der Waals surface area contributed by atoms with Gasteiger partial charge in [0.05, 0.1) is 26.4 Å². The molecule has 0 aliphatic carbocycles. The summed E-state index contributed by atoms with van der Waals surface area (Å²) >= 11 is 0. The molecule has 17 nitrogen and oxygen atoms in total. The van der Waals surface area contributed by atoms with Crippen molar-refractivity contribution in [2.45, 2.75) is 323 Å². The largest absolute Gasteiger partial charge is 0.472 e. The molecule has 0 aliphatic rings. The number of unbranched alkanes of at least 4 members (excludes halogenated alkanes) is 30. The van der Waals surface area contributed by atoms with E-state index in [1.165, 1.54) is 109 Å². The molecule has 0 spiro atoms. The average molecular weight is 1200 g/mol. The molecule has 0 amide bonds. The third-order valence-corrected chi connectivity index (χ3v) is 16.5. The van der Waals surface area contributed by atoms with E-state index in [1.54, 1.807) is 0 Å². The number of esters is 4. The molecule has 0 fully saturated rings. The summed E-state index contributed by atoms with van der Waals surface area (Å²) in [5.41, 5.74) is 0. The zero-order chi connectivity index (χ0) is 60.1. The first-order valence-corrected chi connectivity index (χ1v) is 35.5. The first-order valence-electron chi connectivity index (χ1n) is 32.5. The summed E-state index contributed by atoms with van der Waals surface area (Å²) in [5, 5.41) is 10.5. The van der Waals surface area contributed by atoms with E-state index in [4.69, 9.17) is 37.0 Å². The lowest BCUT2D eigenvalue weighted by Gasteiger charge is -2.21. The number of carbonyl (C=O) groups excluding carboxylic acids is 4. The minimum absolute atomic E-state index is 0.104. The van der Waals surface area contributed by atoms with E-state index in [1.807, 2.05) is 0 Å². The van der Waals surface area contributed by atoms with E-state index < -0.39 is 97.5 Å². The van der Waals surface area contributed by atoms with Crippen LogP contribution in [0.25, 0.3) is 0 Å². The second-order valence-electron chi connectivity index (χ2n) is 23.2. The maximum Gasteiger partial charge on any atom is 0.472 e. The lowest BCUT2D eigenvalue weighted by molar-refractivity contribution is -0.161. The molecular weight excluding hydrogens is 1080 g/mol. The van der Waals surface area contributed by atoms with Gasteiger partial charge in [-0.15, -0.1) is 0 Å². The zero-order valence-electron chi connectivity index (χ0n) is 52.1. The molecule has 81 heavy (non-hydrogen) atoms. The van der Waals surface area contributed by atoms with Crippen molar-refractivity contribution in [2.75, 3.05) is 39.6 Å². The van der Waals surface area contributed by atoms with Gasteiger partial charge in [-0.1, -0.05) is 253 Å². The summed E-state index contributed by atoms with van der Waals surface area (Å²) < 4.78 is 67.8. The number of phosphoric acid groups is 2. The van der Waals surface area contributed by atoms with Crippen LogP contribution in [0.15, 0.2) is 0 Å². The molecule has 0 rings (SSSR count). The van der Waals surface area contributed by atoms with Crippen molar-refractivity contribution < 1.29 is 80.2 Å². The molecule has 0 bridgehead atoms. The summed E-state index contributed by atoms with van der Waals surface area (Å²) in [5.74, 6) is -0.646. The Balaban J connectivity index is 5.23. The molecule has 0 aliphatic heterocycles. The minimum atomic E-state index is -4.94. The van der Waals surface area contributed by atoms with Crippen LogP contribution in [0.4, 0.5) is 0 Å². The standard InChI is InChI=1S/C62H120O17P2/c1-7-10-12-14-16-17-18-19-28-34-40-46-61(66)78-57(50-72-59(64)44-38-32-24-15-13-11-8-2)52-76-80(68,69)74-48-56(63)49-75-81(70,71)77-53-58(51-73-60(65)45-39-33-27-22-20-25-30-36-42-54(4)5)79-62(67)47-41-35-29-23-21-26-31-37-43-55(6)9-3/h54-58,63H,7-53H2,1-6H3,(H,68,69)(H,70,71)/t55?,56-,57+,58+/m0/s1. The third kappa shape index (κ3) is 55.7. The number of aliphatic hydroxyl groups excluding tert-OH is 1. The molecule has 19 heteroatoms. The molecule has 0 aromatic heterocycles. The maximum atomic E-state index is 13.0. The van der Waals surface area contributed by atoms with E-state index in [2.05, 4.69) is 41.5 Å². The lowest BCUT2D eigenvalue weighted by atomic mass is 9.99. The second-order valence-corrected chi connectivity index (χ2v) is 26.1. The molecular formula is C62H120O17P2. The normalized spacial score (nSPS) is 14.7. The number of hydrogen-bond acceptors (Lipinski definition) is 15. The van der Waals surface area contributed by atoms with Crippen LogP contribution in [-0.4, -0.2) is 96.7 Å². The third-order valence-electron chi connectivity index (χ3n) is 14.6. The smallest absolute Gasteiger partial charge is 0.462 e. The van der Waals surface area contributed by atoms with E-state index >= 15 is 0 Å². The van der Waals surface area contributed by atoms with Gasteiger partial charge in [-0.25, -0.2) is 9.13 Å². The Hall–Kier alpha value is -1.94. The van der Waals surface area contributed by atoms with Crippen LogP contribution < -0.4 is 0 Å². The Bertz CT molecular complexity index is 1600. The van der Waals surface area contributed by atoms with Crippen LogP contribution in [0.1, 0.15) is 305 Å². The van der Waals surface area contributed by atoms with Gasteiger partial charge in [0.1, 0.15) is 19.3 Å². The Kier molecular flexibility index (Phi) is 53.4. The van der Waals surface area contributed by atoms with Gasteiger partial charge in [-0.3, -0.25) is 37.3 Å². The van der Waals surface area contributed by atoms with Crippen LogP contribution in [-0.2, 0) is 65.4 Å². The average Bonchev–Trinajstić information content (AvgIpc) is 3.43. The highest BCUT2D eigenvalue weighted by atomic mass is 31.2. The van der Waals surface area contributed by atoms with Gasteiger partial charge in [0.15, 0.2) is 12.2 Å². The summed E-state index contributed by atoms with van der Waals surface area (Å²) in [4.78, 5) is 72.0. The fourth-order valence-corrected chi connectivity index (χ4v) is 10.7. The number of aliphatic hydroxyl groups is 1. The van der Waals surface area contributed by atoms with Crippen LogP contribution in [0.5, 0.6) is 0 Å². The molecule has 480 valence electrons. The number of rotatable bonds is 61. The highest BCUT2D eigenvalue weighted by Gasteiger charge is 2.30. The van der Waals surface area contributed by atoms with Crippen LogP contribution in [0.2, 0.25) is 0 Å². The van der Waals surface area contributed by atoms with Crippen molar-refractivity contribution in [3.63, 3.8) is 0 Å². The lowest BCUT2D eigenvalue weighted by Crippen LogP contribution is -2.30. The monoisotopic (exact) mass is 1200 g/mol. The summed E-state index contributed by atoms with van der Waals surface area (Å²) in [7, 11) is -9.88. The molecule has 3 unspecified atom stereocenters. The Morgan fingerprint density at radius 2 is 0.630 bits per heavy atom. The zero-order valence-corrected chi connectivity index (χ0v) is 53.9. The number of carbonyl (C=O) groups is 4. The highest BCUT2D eigenvalue weighted by molar-refractivity contribution is 7.47. The minimum Gasteiger partial charge on any atom is -0.462 e. The molecule has 0 saturated carbocycles. The predicted octanol–water partition coefficient (Wildman–Crippen LogP) is 16.9. The molecule has 0 aromatic carbocycles. The van der Waals surface area contributed by atoms with Crippen molar-refractivity contribution in [3.05, 3.63) is 0 Å². The van der Waals surface area contributed by atoms with Crippen LogP contribution in [0.3, 0.4) is 0 Å². The van der Waals surface area contributed by atoms with Crippen molar-refractivity contribution in [1.82, 2.24) is 0 Å². The quantitative estimate of drug-likeness (QED) is 0.0222. The Morgan fingerprint density at radius 1 is 0.358 bits per heavy atom. The predicted molar refractivity (Wildman–Crippen MR) is 321 cm³/mol. The van der Waals surface area contributed by atoms with Crippen molar-refractivity contribution >= 4 is 39.5 Å². The van der Waals surface area contributed by atoms with Gasteiger partial charge in [0.25, 0.3) is 0 Å². The van der Waals surface area contributed by atoms with Crippen molar-refractivity contribution in [2.24, 2.45) is 11.8 Å². The number of hydrogen-bond donors (Lipinski definition) is 3. The fraction of sp³-hybridized carbons (Fsp3) is 0.935. The SMILES string of the molecule is CCCCCCCCCCCCCC(=O)O[C@H](COC(=O)CCCCCCCCC)COP(=O)(O)OC[C@H](O)COP(=O)(O)OC[C@@H](COC(=O)CCCCCCCCCCC(C)C)OC(=O)CCCCCCCCCCC(C)CC. The number of ether oxygens (including phenoxy) is 4. The molecule has 3 N–H and O–H groups in total. The van der Waals surface area contributed by atoms with Gasteiger partial charge < -0.3 is 33.8 Å². The fourth-order valence-electron chi connectivity index (χ4n) is 9.15.